The number of nitriles is 1. The van der Waals surface area contributed by atoms with Crippen molar-refractivity contribution < 1.29 is 9.50 Å². The Morgan fingerprint density at radius 1 is 1.25 bits per heavy atom. The van der Waals surface area contributed by atoms with Crippen molar-refractivity contribution in [3.05, 3.63) is 65.0 Å². The van der Waals surface area contributed by atoms with Crippen LogP contribution in [0.5, 0.6) is 0 Å². The van der Waals surface area contributed by atoms with Crippen LogP contribution < -0.4 is 5.32 Å². The number of nitrogens with one attached hydrogen (secondary N) is 1. The van der Waals surface area contributed by atoms with E-state index in [9.17, 15) is 9.50 Å². The summed E-state index contributed by atoms with van der Waals surface area (Å²) in [4.78, 5) is 0. The van der Waals surface area contributed by atoms with Crippen molar-refractivity contribution >= 4 is 5.69 Å². The zero-order valence-electron chi connectivity index (χ0n) is 10.7. The van der Waals surface area contributed by atoms with Gasteiger partial charge in [-0.1, -0.05) is 24.3 Å². The molecule has 3 rings (SSSR count). The highest BCUT2D eigenvalue weighted by Crippen LogP contribution is 2.34. The molecule has 0 aromatic heterocycles. The molecule has 1 aliphatic carbocycles. The van der Waals surface area contributed by atoms with E-state index in [1.165, 1.54) is 18.2 Å². The highest BCUT2D eigenvalue weighted by atomic mass is 19.1. The minimum Gasteiger partial charge on any atom is -0.390 e. The van der Waals surface area contributed by atoms with Gasteiger partial charge in [-0.2, -0.15) is 5.26 Å². The van der Waals surface area contributed by atoms with Gasteiger partial charge in [0.1, 0.15) is 11.9 Å². The van der Waals surface area contributed by atoms with Crippen molar-refractivity contribution in [2.24, 2.45) is 0 Å². The zero-order valence-corrected chi connectivity index (χ0v) is 10.7. The maximum absolute atomic E-state index is 13.1. The summed E-state index contributed by atoms with van der Waals surface area (Å²) in [5, 5.41) is 22.4. The van der Waals surface area contributed by atoms with Gasteiger partial charge in [0.15, 0.2) is 0 Å². The summed E-state index contributed by atoms with van der Waals surface area (Å²) >= 11 is 0. The van der Waals surface area contributed by atoms with Gasteiger partial charge in [-0.05, 0) is 29.3 Å². The average Bonchev–Trinajstić information content (AvgIpc) is 2.77. The summed E-state index contributed by atoms with van der Waals surface area (Å²) in [5.74, 6) is -0.445. The van der Waals surface area contributed by atoms with Crippen LogP contribution in [0.3, 0.4) is 0 Å². The van der Waals surface area contributed by atoms with E-state index in [-0.39, 0.29) is 11.6 Å². The molecule has 1 aliphatic rings. The van der Waals surface area contributed by atoms with Gasteiger partial charge in [0.05, 0.1) is 23.4 Å². The highest BCUT2D eigenvalue weighted by Gasteiger charge is 2.30. The number of halogens is 1. The first-order valence-electron chi connectivity index (χ1n) is 6.41. The van der Waals surface area contributed by atoms with Gasteiger partial charge in [0.25, 0.3) is 0 Å². The van der Waals surface area contributed by atoms with Crippen LogP contribution in [0.1, 0.15) is 22.7 Å². The Morgan fingerprint density at radius 2 is 2.05 bits per heavy atom. The predicted octanol–water partition coefficient (Wildman–Crippen LogP) is 2.77. The summed E-state index contributed by atoms with van der Waals surface area (Å²) < 4.78 is 13.1. The van der Waals surface area contributed by atoms with Crippen molar-refractivity contribution in [2.45, 2.75) is 18.6 Å². The number of anilines is 1. The van der Waals surface area contributed by atoms with Gasteiger partial charge in [-0.3, -0.25) is 0 Å². The van der Waals surface area contributed by atoms with Gasteiger partial charge in [-0.15, -0.1) is 0 Å². The molecule has 100 valence electrons. The fraction of sp³-hybridized carbons (Fsp3) is 0.188. The number of aliphatic hydroxyl groups excluding tert-OH is 1. The van der Waals surface area contributed by atoms with E-state index in [4.69, 9.17) is 5.26 Å². The van der Waals surface area contributed by atoms with Crippen LogP contribution in [0.4, 0.5) is 10.1 Å². The third kappa shape index (κ3) is 2.13. The molecule has 0 heterocycles. The minimum atomic E-state index is -0.552. The van der Waals surface area contributed by atoms with Crippen LogP contribution in [0.2, 0.25) is 0 Å². The highest BCUT2D eigenvalue weighted by molar-refractivity contribution is 5.59. The summed E-state index contributed by atoms with van der Waals surface area (Å²) in [6, 6.07) is 13.5. The molecule has 0 fully saturated rings. The molecular formula is C16H13FN2O. The molecular weight excluding hydrogens is 255 g/mol. The molecule has 0 unspecified atom stereocenters. The second kappa shape index (κ2) is 4.95. The monoisotopic (exact) mass is 268 g/mol. The standard InChI is InChI=1S/C16H13FN2O/c17-12-5-6-14(11(7-12)9-18)19-16-13-4-2-1-3-10(13)8-15(16)20/h1-7,15-16,19-20H,8H2/t15-,16+/m0/s1. The lowest BCUT2D eigenvalue weighted by molar-refractivity contribution is 0.166. The van der Waals surface area contributed by atoms with Gasteiger partial charge >= 0.3 is 0 Å². The van der Waals surface area contributed by atoms with Crippen molar-refractivity contribution in [3.8, 4) is 6.07 Å². The first-order chi connectivity index (χ1) is 9.69. The molecule has 2 N–H and O–H groups in total. The van der Waals surface area contributed by atoms with Crippen molar-refractivity contribution in [3.63, 3.8) is 0 Å². The molecule has 0 amide bonds. The van der Waals surface area contributed by atoms with E-state index in [2.05, 4.69) is 5.32 Å². The van der Waals surface area contributed by atoms with Crippen molar-refractivity contribution in [1.29, 1.82) is 5.26 Å². The number of fused-ring (bicyclic) bond motifs is 1. The molecule has 20 heavy (non-hydrogen) atoms. The molecule has 2 aromatic rings. The van der Waals surface area contributed by atoms with E-state index in [1.807, 2.05) is 30.3 Å². The van der Waals surface area contributed by atoms with Crippen LogP contribution >= 0.6 is 0 Å². The molecule has 2 atom stereocenters. The smallest absolute Gasteiger partial charge is 0.124 e. The SMILES string of the molecule is N#Cc1cc(F)ccc1N[C@@H]1c2ccccc2C[C@@H]1O. The number of benzene rings is 2. The molecule has 0 bridgehead atoms. The van der Waals surface area contributed by atoms with Gasteiger partial charge in [0, 0.05) is 6.42 Å². The molecule has 0 aliphatic heterocycles. The Balaban J connectivity index is 1.94. The first-order valence-corrected chi connectivity index (χ1v) is 6.41. The third-order valence-corrected chi connectivity index (χ3v) is 3.62. The van der Waals surface area contributed by atoms with Crippen LogP contribution in [0.15, 0.2) is 42.5 Å². The van der Waals surface area contributed by atoms with Gasteiger partial charge in [0.2, 0.25) is 0 Å². The lowest BCUT2D eigenvalue weighted by Crippen LogP contribution is -2.21. The van der Waals surface area contributed by atoms with E-state index < -0.39 is 11.9 Å². The maximum atomic E-state index is 13.1. The van der Waals surface area contributed by atoms with E-state index in [0.29, 0.717) is 12.1 Å². The lowest BCUT2D eigenvalue weighted by atomic mass is 10.1. The first kappa shape index (κ1) is 12.6. The van der Waals surface area contributed by atoms with E-state index in [0.717, 1.165) is 11.1 Å². The topological polar surface area (TPSA) is 56.0 Å². The number of rotatable bonds is 2. The van der Waals surface area contributed by atoms with Crippen LogP contribution in [0.25, 0.3) is 0 Å². The number of hydrogen-bond donors (Lipinski definition) is 2. The van der Waals surface area contributed by atoms with Crippen LogP contribution in [-0.4, -0.2) is 11.2 Å². The second-order valence-corrected chi connectivity index (χ2v) is 4.89. The van der Waals surface area contributed by atoms with E-state index in [1.54, 1.807) is 0 Å². The van der Waals surface area contributed by atoms with Gasteiger partial charge < -0.3 is 10.4 Å². The molecule has 0 spiro atoms. The summed E-state index contributed by atoms with van der Waals surface area (Å²) in [5.41, 5.74) is 2.89. The predicted molar refractivity (Wildman–Crippen MR) is 73.6 cm³/mol. The second-order valence-electron chi connectivity index (χ2n) is 4.89. The Hall–Kier alpha value is -2.38. The summed E-state index contributed by atoms with van der Waals surface area (Å²) in [7, 11) is 0. The Bertz CT molecular complexity index is 693. The van der Waals surface area contributed by atoms with E-state index >= 15 is 0 Å². The Kier molecular flexibility index (Phi) is 3.13. The molecule has 3 nitrogen and oxygen atoms in total. The van der Waals surface area contributed by atoms with Crippen LogP contribution in [0, 0.1) is 17.1 Å². The van der Waals surface area contributed by atoms with Crippen molar-refractivity contribution in [1.82, 2.24) is 0 Å². The fourth-order valence-corrected chi connectivity index (χ4v) is 2.65. The quantitative estimate of drug-likeness (QED) is 0.880. The molecule has 0 saturated heterocycles. The number of aliphatic hydroxyl groups is 1. The van der Waals surface area contributed by atoms with Crippen LogP contribution in [-0.2, 0) is 6.42 Å². The lowest BCUT2D eigenvalue weighted by Gasteiger charge is -2.20. The molecule has 0 radical (unpaired) electrons. The number of nitrogens with zero attached hydrogens (tertiary/aromatic N) is 1. The normalized spacial score (nSPS) is 20.2. The number of hydrogen-bond acceptors (Lipinski definition) is 3. The molecule has 0 saturated carbocycles. The maximum Gasteiger partial charge on any atom is 0.124 e. The Labute approximate surface area is 116 Å². The van der Waals surface area contributed by atoms with Crippen molar-refractivity contribution in [2.75, 3.05) is 5.32 Å². The average molecular weight is 268 g/mol. The molecule has 2 aromatic carbocycles. The Morgan fingerprint density at radius 3 is 2.85 bits per heavy atom. The zero-order chi connectivity index (χ0) is 14.1. The fourth-order valence-electron chi connectivity index (χ4n) is 2.65. The third-order valence-electron chi connectivity index (χ3n) is 3.62. The largest absolute Gasteiger partial charge is 0.390 e. The van der Waals surface area contributed by atoms with Gasteiger partial charge in [-0.25, -0.2) is 4.39 Å². The summed E-state index contributed by atoms with van der Waals surface area (Å²) in [6.45, 7) is 0. The molecule has 4 heteroatoms. The minimum absolute atomic E-state index is 0.238. The summed E-state index contributed by atoms with van der Waals surface area (Å²) in [6.07, 6.45) is 0.0284.